The number of hydrogen-bond donors (Lipinski definition) is 2. The molecule has 0 unspecified atom stereocenters. The lowest BCUT2D eigenvalue weighted by molar-refractivity contribution is 0.457. The minimum Gasteiger partial charge on any atom is -0.494 e. The number of halogens is 1. The fourth-order valence-corrected chi connectivity index (χ4v) is 5.02. The second-order valence-electron chi connectivity index (χ2n) is 7.86. The third-order valence-corrected chi connectivity index (χ3v) is 6.55. The van der Waals surface area contributed by atoms with Crippen LogP contribution in [0.5, 0.6) is 5.88 Å². The van der Waals surface area contributed by atoms with Crippen molar-refractivity contribution in [3.8, 4) is 5.88 Å². The van der Waals surface area contributed by atoms with E-state index in [-0.39, 0.29) is 5.88 Å². The highest BCUT2D eigenvalue weighted by Gasteiger charge is 2.27. The molecule has 1 aromatic heterocycles. The standard InChI is InChI=1S/C24H23BrN2O/c25-16-12-13-19-21(14-16)27-24(28)22(19)23-18(10-5-8-15-6-1-2-7-15)17-9-3-4-11-20(17)26-23/h3-4,9-15,27-28H,1-2,5-8H2/b18-10-. The molecule has 142 valence electrons. The van der Waals surface area contributed by atoms with Crippen LogP contribution in [0.15, 0.2) is 58.0 Å². The van der Waals surface area contributed by atoms with Gasteiger partial charge in [-0.3, -0.25) is 0 Å². The van der Waals surface area contributed by atoms with Gasteiger partial charge in [-0.2, -0.15) is 0 Å². The van der Waals surface area contributed by atoms with E-state index in [0.717, 1.165) is 55.8 Å². The SMILES string of the molecule is Oc1[nH]c2cc(Br)ccc2c1C1=Nc2ccccc2/C1=C/CCC1CCCC1. The molecule has 2 N–H and O–H groups in total. The summed E-state index contributed by atoms with van der Waals surface area (Å²) in [5.74, 6) is 1.05. The van der Waals surface area contributed by atoms with Gasteiger partial charge in [0.2, 0.25) is 0 Å². The highest BCUT2D eigenvalue weighted by molar-refractivity contribution is 9.10. The Balaban J connectivity index is 1.56. The van der Waals surface area contributed by atoms with Crippen molar-refractivity contribution in [2.75, 3.05) is 0 Å². The van der Waals surface area contributed by atoms with E-state index in [0.29, 0.717) is 0 Å². The summed E-state index contributed by atoms with van der Waals surface area (Å²) in [4.78, 5) is 8.03. The van der Waals surface area contributed by atoms with Gasteiger partial charge in [-0.15, -0.1) is 0 Å². The van der Waals surface area contributed by atoms with E-state index in [1.165, 1.54) is 32.1 Å². The van der Waals surface area contributed by atoms with Crippen molar-refractivity contribution in [3.63, 3.8) is 0 Å². The summed E-state index contributed by atoms with van der Waals surface area (Å²) < 4.78 is 0.983. The molecule has 1 saturated carbocycles. The average molecular weight is 435 g/mol. The van der Waals surface area contributed by atoms with Crippen molar-refractivity contribution in [1.82, 2.24) is 4.98 Å². The zero-order valence-corrected chi connectivity index (χ0v) is 17.3. The number of fused-ring (bicyclic) bond motifs is 2. The lowest BCUT2D eigenvalue weighted by atomic mass is 9.94. The lowest BCUT2D eigenvalue weighted by Gasteiger charge is -2.09. The number of aromatic nitrogens is 1. The van der Waals surface area contributed by atoms with Crippen molar-refractivity contribution in [3.05, 3.63) is 64.1 Å². The summed E-state index contributed by atoms with van der Waals surface area (Å²) in [6.45, 7) is 0. The molecule has 1 fully saturated rings. The van der Waals surface area contributed by atoms with Crippen LogP contribution in [0, 0.1) is 5.92 Å². The van der Waals surface area contributed by atoms with Crippen molar-refractivity contribution >= 4 is 43.8 Å². The second kappa shape index (κ2) is 7.25. The normalized spacial score (nSPS) is 18.2. The summed E-state index contributed by atoms with van der Waals surface area (Å²) in [6.07, 6.45) is 10.1. The van der Waals surface area contributed by atoms with Crippen LogP contribution in [0.2, 0.25) is 0 Å². The van der Waals surface area contributed by atoms with E-state index >= 15 is 0 Å². The number of allylic oxidation sites excluding steroid dienone is 2. The summed E-state index contributed by atoms with van der Waals surface area (Å²) in [6, 6.07) is 14.3. The molecule has 3 aromatic rings. The molecule has 5 rings (SSSR count). The number of H-pyrrole nitrogens is 1. The minimum absolute atomic E-state index is 0.182. The number of hydrogen-bond acceptors (Lipinski definition) is 2. The number of aromatic amines is 1. The van der Waals surface area contributed by atoms with Gasteiger partial charge >= 0.3 is 0 Å². The fourth-order valence-electron chi connectivity index (χ4n) is 4.66. The largest absolute Gasteiger partial charge is 0.494 e. The highest BCUT2D eigenvalue weighted by Crippen LogP contribution is 2.42. The molecule has 1 aliphatic heterocycles. The van der Waals surface area contributed by atoms with Gasteiger partial charge in [0.25, 0.3) is 0 Å². The van der Waals surface area contributed by atoms with Crippen LogP contribution in [-0.4, -0.2) is 15.8 Å². The Morgan fingerprint density at radius 2 is 1.96 bits per heavy atom. The monoisotopic (exact) mass is 434 g/mol. The van der Waals surface area contributed by atoms with E-state index in [4.69, 9.17) is 4.99 Å². The lowest BCUT2D eigenvalue weighted by Crippen LogP contribution is -2.00. The molecule has 0 saturated heterocycles. The van der Waals surface area contributed by atoms with Crippen LogP contribution >= 0.6 is 15.9 Å². The molecule has 0 amide bonds. The number of nitrogens with zero attached hydrogens (tertiary/aromatic N) is 1. The van der Waals surface area contributed by atoms with Gasteiger partial charge in [-0.25, -0.2) is 4.99 Å². The zero-order valence-electron chi connectivity index (χ0n) is 15.7. The Kier molecular flexibility index (Phi) is 4.59. The van der Waals surface area contributed by atoms with Gasteiger partial charge < -0.3 is 10.1 Å². The molecule has 0 spiro atoms. The topological polar surface area (TPSA) is 48.4 Å². The van der Waals surface area contributed by atoms with Gasteiger partial charge in [0.15, 0.2) is 5.88 Å². The number of nitrogens with one attached hydrogen (secondary N) is 1. The van der Waals surface area contributed by atoms with Crippen molar-refractivity contribution in [1.29, 1.82) is 0 Å². The molecule has 1 aliphatic carbocycles. The Morgan fingerprint density at radius 3 is 2.82 bits per heavy atom. The Bertz CT molecular complexity index is 1100. The van der Waals surface area contributed by atoms with E-state index in [1.807, 2.05) is 24.3 Å². The van der Waals surface area contributed by atoms with Crippen LogP contribution < -0.4 is 0 Å². The molecule has 0 bridgehead atoms. The number of benzene rings is 2. The number of rotatable bonds is 4. The maximum Gasteiger partial charge on any atom is 0.199 e. The van der Waals surface area contributed by atoms with Gasteiger partial charge in [0.05, 0.1) is 22.5 Å². The quantitative estimate of drug-likeness (QED) is 0.450. The summed E-state index contributed by atoms with van der Waals surface area (Å²) >= 11 is 3.51. The smallest absolute Gasteiger partial charge is 0.199 e. The van der Waals surface area contributed by atoms with Crippen LogP contribution in [0.1, 0.15) is 49.7 Å². The summed E-state index contributed by atoms with van der Waals surface area (Å²) in [5, 5.41) is 11.7. The maximum atomic E-state index is 10.7. The molecular weight excluding hydrogens is 412 g/mol. The molecule has 0 atom stereocenters. The van der Waals surface area contributed by atoms with Gasteiger partial charge in [-0.05, 0) is 37.0 Å². The minimum atomic E-state index is 0.182. The maximum absolute atomic E-state index is 10.7. The second-order valence-corrected chi connectivity index (χ2v) is 8.78. The zero-order chi connectivity index (χ0) is 19.1. The molecule has 0 radical (unpaired) electrons. The highest BCUT2D eigenvalue weighted by atomic mass is 79.9. The van der Waals surface area contributed by atoms with Crippen molar-refractivity contribution in [2.24, 2.45) is 10.9 Å². The molecule has 2 heterocycles. The van der Waals surface area contributed by atoms with Crippen molar-refractivity contribution < 1.29 is 5.11 Å². The molecule has 2 aromatic carbocycles. The third kappa shape index (κ3) is 3.10. The van der Waals surface area contributed by atoms with Crippen LogP contribution in [0.3, 0.4) is 0 Å². The Morgan fingerprint density at radius 1 is 1.14 bits per heavy atom. The average Bonchev–Trinajstić information content (AvgIpc) is 3.39. The van der Waals surface area contributed by atoms with E-state index in [2.05, 4.69) is 45.2 Å². The van der Waals surface area contributed by atoms with E-state index in [9.17, 15) is 5.11 Å². The number of aliphatic imine (C=N–C) groups is 1. The van der Waals surface area contributed by atoms with Gasteiger partial charge in [-0.1, -0.05) is 72.0 Å². The molecule has 2 aliphatic rings. The summed E-state index contributed by atoms with van der Waals surface area (Å²) in [7, 11) is 0. The summed E-state index contributed by atoms with van der Waals surface area (Å²) in [5.41, 5.74) is 5.87. The van der Waals surface area contributed by atoms with E-state index in [1.54, 1.807) is 0 Å². The van der Waals surface area contributed by atoms with Gasteiger partial charge in [0.1, 0.15) is 0 Å². The molecule has 28 heavy (non-hydrogen) atoms. The predicted octanol–water partition coefficient (Wildman–Crippen LogP) is 7.12. The Labute approximate surface area is 173 Å². The van der Waals surface area contributed by atoms with Crippen LogP contribution in [-0.2, 0) is 0 Å². The first-order valence-corrected chi connectivity index (χ1v) is 10.9. The molecule has 4 heteroatoms. The van der Waals surface area contributed by atoms with Gasteiger partial charge in [0, 0.05) is 21.0 Å². The number of aromatic hydroxyl groups is 1. The first-order chi connectivity index (χ1) is 13.7. The predicted molar refractivity (Wildman–Crippen MR) is 119 cm³/mol. The first-order valence-electron chi connectivity index (χ1n) is 10.1. The van der Waals surface area contributed by atoms with E-state index < -0.39 is 0 Å². The van der Waals surface area contributed by atoms with Crippen molar-refractivity contribution in [2.45, 2.75) is 38.5 Å². The fraction of sp³-hybridized carbons (Fsp3) is 0.292. The van der Waals surface area contributed by atoms with Crippen LogP contribution in [0.4, 0.5) is 5.69 Å². The Hall–Kier alpha value is -2.33. The first kappa shape index (κ1) is 17.7. The molecule has 3 nitrogen and oxygen atoms in total. The molecular formula is C24H23BrN2O. The third-order valence-electron chi connectivity index (χ3n) is 6.06. The number of para-hydroxylation sites is 1. The van der Waals surface area contributed by atoms with Crippen LogP contribution in [0.25, 0.3) is 16.5 Å².